The molecule has 2 N–H and O–H groups in total. The maximum absolute atomic E-state index is 11.5. The highest BCUT2D eigenvalue weighted by Crippen LogP contribution is 2.15. The van der Waals surface area contributed by atoms with Crippen LogP contribution < -0.4 is 10.9 Å². The summed E-state index contributed by atoms with van der Waals surface area (Å²) in [5, 5.41) is 3.00. The Hall–Kier alpha value is -1.81. The molecule has 0 amide bonds. The first-order valence-electron chi connectivity index (χ1n) is 5.75. The lowest BCUT2D eigenvalue weighted by Gasteiger charge is -2.06. The van der Waals surface area contributed by atoms with Crippen LogP contribution in [0.1, 0.15) is 12.0 Å². The quantitative estimate of drug-likeness (QED) is 0.816. The summed E-state index contributed by atoms with van der Waals surface area (Å²) in [7, 11) is 0. The van der Waals surface area contributed by atoms with Crippen molar-refractivity contribution in [1.29, 1.82) is 0 Å². The van der Waals surface area contributed by atoms with Crippen molar-refractivity contribution in [3.63, 3.8) is 0 Å². The molecule has 0 atom stereocenters. The molecule has 0 saturated carbocycles. The first-order valence-corrected chi connectivity index (χ1v) is 6.28. The Kier molecular flexibility index (Phi) is 4.36. The van der Waals surface area contributed by atoms with Gasteiger partial charge >= 0.3 is 0 Å². The highest BCUT2D eigenvalue weighted by molar-refractivity contribution is 6.17. The molecule has 1 heterocycles. The maximum Gasteiger partial charge on any atom is 0.291 e. The van der Waals surface area contributed by atoms with Crippen molar-refractivity contribution >= 4 is 23.1 Å². The molecule has 0 fully saturated rings. The third-order valence-electron chi connectivity index (χ3n) is 2.50. The van der Waals surface area contributed by atoms with Crippen LogP contribution >= 0.6 is 11.6 Å². The van der Waals surface area contributed by atoms with Crippen LogP contribution in [0.4, 0.5) is 11.5 Å². The molecule has 94 valence electrons. The van der Waals surface area contributed by atoms with Gasteiger partial charge in [0.1, 0.15) is 0 Å². The Bertz CT molecular complexity index is 568. The topological polar surface area (TPSA) is 57.8 Å². The zero-order valence-corrected chi connectivity index (χ0v) is 10.6. The van der Waals surface area contributed by atoms with Crippen molar-refractivity contribution in [2.45, 2.75) is 12.8 Å². The van der Waals surface area contributed by atoms with E-state index in [1.54, 1.807) is 6.20 Å². The Balaban J connectivity index is 2.14. The van der Waals surface area contributed by atoms with Crippen LogP contribution in [-0.2, 0) is 6.42 Å². The van der Waals surface area contributed by atoms with E-state index in [1.807, 2.05) is 24.3 Å². The Labute approximate surface area is 110 Å². The van der Waals surface area contributed by atoms with Gasteiger partial charge < -0.3 is 10.3 Å². The normalized spacial score (nSPS) is 10.3. The average Bonchev–Trinajstić information content (AvgIpc) is 2.40. The van der Waals surface area contributed by atoms with Crippen LogP contribution in [0.2, 0.25) is 0 Å². The molecule has 2 aromatic rings. The summed E-state index contributed by atoms with van der Waals surface area (Å²) in [6, 6.07) is 7.89. The summed E-state index contributed by atoms with van der Waals surface area (Å²) in [6.07, 6.45) is 4.91. The van der Waals surface area contributed by atoms with Crippen LogP contribution in [0, 0.1) is 0 Å². The molecule has 0 aliphatic rings. The standard InChI is InChI=1S/C13H14ClN3O/c14-6-2-4-10-3-1-5-11(9-10)17-12-13(18)16-8-7-15-12/h1,3,5,7-9H,2,4,6H2,(H,15,17)(H,16,18). The van der Waals surface area contributed by atoms with Crippen molar-refractivity contribution in [2.75, 3.05) is 11.2 Å². The van der Waals surface area contributed by atoms with E-state index in [0.717, 1.165) is 18.5 Å². The molecule has 0 spiro atoms. The Morgan fingerprint density at radius 3 is 3.06 bits per heavy atom. The largest absolute Gasteiger partial charge is 0.336 e. The summed E-state index contributed by atoms with van der Waals surface area (Å²) in [6.45, 7) is 0. The molecular formula is C13H14ClN3O. The van der Waals surface area contributed by atoms with Crippen LogP contribution in [0.5, 0.6) is 0 Å². The number of benzene rings is 1. The van der Waals surface area contributed by atoms with Crippen molar-refractivity contribution in [3.05, 3.63) is 52.6 Å². The van der Waals surface area contributed by atoms with E-state index in [1.165, 1.54) is 11.8 Å². The number of aromatic amines is 1. The number of halogens is 1. The number of alkyl halides is 1. The number of rotatable bonds is 5. The molecule has 18 heavy (non-hydrogen) atoms. The molecule has 0 aliphatic carbocycles. The van der Waals surface area contributed by atoms with Crippen LogP contribution in [0.25, 0.3) is 0 Å². The second-order valence-electron chi connectivity index (χ2n) is 3.88. The Morgan fingerprint density at radius 1 is 1.39 bits per heavy atom. The zero-order chi connectivity index (χ0) is 12.8. The average molecular weight is 264 g/mol. The number of aryl methyl sites for hydroxylation is 1. The minimum atomic E-state index is -0.233. The molecule has 0 bridgehead atoms. The molecule has 0 unspecified atom stereocenters. The predicted molar refractivity (Wildman–Crippen MR) is 73.6 cm³/mol. The maximum atomic E-state index is 11.5. The number of H-pyrrole nitrogens is 1. The SMILES string of the molecule is O=c1[nH]ccnc1Nc1cccc(CCCCl)c1. The van der Waals surface area contributed by atoms with Gasteiger partial charge in [0.05, 0.1) is 0 Å². The van der Waals surface area contributed by atoms with Gasteiger partial charge in [-0.3, -0.25) is 4.79 Å². The highest BCUT2D eigenvalue weighted by Gasteiger charge is 2.01. The zero-order valence-electron chi connectivity index (χ0n) is 9.82. The second kappa shape index (κ2) is 6.21. The first-order chi connectivity index (χ1) is 8.79. The third-order valence-corrected chi connectivity index (χ3v) is 2.76. The molecule has 1 aromatic carbocycles. The van der Waals surface area contributed by atoms with E-state index >= 15 is 0 Å². The van der Waals surface area contributed by atoms with Crippen molar-refractivity contribution in [2.24, 2.45) is 0 Å². The predicted octanol–water partition coefficient (Wildman–Crippen LogP) is 2.68. The number of aromatic nitrogens is 2. The van der Waals surface area contributed by atoms with Gasteiger partial charge in [-0.2, -0.15) is 0 Å². The third kappa shape index (κ3) is 3.34. The first kappa shape index (κ1) is 12.6. The lowest BCUT2D eigenvalue weighted by atomic mass is 10.1. The molecular weight excluding hydrogens is 250 g/mol. The van der Waals surface area contributed by atoms with Crippen LogP contribution in [-0.4, -0.2) is 15.8 Å². The van der Waals surface area contributed by atoms with E-state index in [-0.39, 0.29) is 5.56 Å². The molecule has 0 saturated heterocycles. The van der Waals surface area contributed by atoms with E-state index in [0.29, 0.717) is 11.7 Å². The lowest BCUT2D eigenvalue weighted by molar-refractivity contribution is 0.929. The molecule has 1 aromatic heterocycles. The number of hydrogen-bond acceptors (Lipinski definition) is 3. The number of anilines is 2. The summed E-state index contributed by atoms with van der Waals surface area (Å²) in [4.78, 5) is 18.0. The fourth-order valence-corrected chi connectivity index (χ4v) is 1.79. The van der Waals surface area contributed by atoms with E-state index < -0.39 is 0 Å². The summed E-state index contributed by atoms with van der Waals surface area (Å²) >= 11 is 5.67. The molecule has 0 radical (unpaired) electrons. The second-order valence-corrected chi connectivity index (χ2v) is 4.26. The molecule has 5 heteroatoms. The van der Waals surface area contributed by atoms with Gasteiger partial charge in [0.15, 0.2) is 5.82 Å². The van der Waals surface area contributed by atoms with Crippen LogP contribution in [0.3, 0.4) is 0 Å². The van der Waals surface area contributed by atoms with Gasteiger partial charge in [0.25, 0.3) is 5.56 Å². The van der Waals surface area contributed by atoms with Gasteiger partial charge in [0.2, 0.25) is 0 Å². The summed E-state index contributed by atoms with van der Waals surface area (Å²) in [5.74, 6) is 0.949. The molecule has 2 rings (SSSR count). The molecule has 4 nitrogen and oxygen atoms in total. The highest BCUT2D eigenvalue weighted by atomic mass is 35.5. The number of nitrogens with one attached hydrogen (secondary N) is 2. The minimum absolute atomic E-state index is 0.233. The smallest absolute Gasteiger partial charge is 0.291 e. The summed E-state index contributed by atoms with van der Waals surface area (Å²) in [5.41, 5.74) is 1.81. The number of nitrogens with zero attached hydrogens (tertiary/aromatic N) is 1. The van der Waals surface area contributed by atoms with E-state index in [2.05, 4.69) is 15.3 Å². The van der Waals surface area contributed by atoms with Gasteiger partial charge in [-0.15, -0.1) is 11.6 Å². The van der Waals surface area contributed by atoms with Crippen LogP contribution in [0.15, 0.2) is 41.5 Å². The monoisotopic (exact) mass is 263 g/mol. The van der Waals surface area contributed by atoms with Crippen molar-refractivity contribution in [1.82, 2.24) is 9.97 Å². The van der Waals surface area contributed by atoms with Gasteiger partial charge in [-0.05, 0) is 30.5 Å². The van der Waals surface area contributed by atoms with E-state index in [4.69, 9.17) is 11.6 Å². The lowest BCUT2D eigenvalue weighted by Crippen LogP contribution is -2.12. The number of hydrogen-bond donors (Lipinski definition) is 2. The summed E-state index contributed by atoms with van der Waals surface area (Å²) < 4.78 is 0. The van der Waals surface area contributed by atoms with Gasteiger partial charge in [0, 0.05) is 24.0 Å². The van der Waals surface area contributed by atoms with E-state index in [9.17, 15) is 4.79 Å². The van der Waals surface area contributed by atoms with Crippen molar-refractivity contribution < 1.29 is 0 Å². The van der Waals surface area contributed by atoms with Crippen molar-refractivity contribution in [3.8, 4) is 0 Å². The van der Waals surface area contributed by atoms with Gasteiger partial charge in [-0.25, -0.2) is 4.98 Å². The molecule has 0 aliphatic heterocycles. The Morgan fingerprint density at radius 2 is 2.28 bits per heavy atom. The fourth-order valence-electron chi connectivity index (χ4n) is 1.65. The fraction of sp³-hybridized carbons (Fsp3) is 0.231. The van der Waals surface area contributed by atoms with Gasteiger partial charge in [-0.1, -0.05) is 12.1 Å². The minimum Gasteiger partial charge on any atom is -0.336 e.